The van der Waals surface area contributed by atoms with E-state index in [0.717, 1.165) is 61.6 Å². The van der Waals surface area contributed by atoms with Gasteiger partial charge in [0.25, 0.3) is 0 Å². The fraction of sp³-hybridized carbons (Fsp3) is 0.471. The standard InChI is InChI=1S/C34H42FN5O3/c1-23-4-8-28(9-5-23)32-22-43-34-31(15-27(16-37-34)14-26-6-10-29(35)11-7-26)40(32)33(41)20-39-18-24(2)36-17-30(39)19-38-12-13-42-21-25(38)3/h4-11,15-16,24-25,30,32,36H,12-14,17-22H2,1-3H3/t24-,25-,30-,32-/m1/s1. The van der Waals surface area contributed by atoms with Crippen molar-refractivity contribution in [2.24, 2.45) is 0 Å². The zero-order chi connectivity index (χ0) is 29.9. The summed E-state index contributed by atoms with van der Waals surface area (Å²) >= 11 is 0. The van der Waals surface area contributed by atoms with Crippen LogP contribution in [0.4, 0.5) is 10.1 Å². The van der Waals surface area contributed by atoms with Crippen LogP contribution in [0, 0.1) is 12.7 Å². The van der Waals surface area contributed by atoms with Gasteiger partial charge in [-0.25, -0.2) is 9.37 Å². The van der Waals surface area contributed by atoms with Crippen LogP contribution in [-0.4, -0.2) is 91.4 Å². The molecule has 1 N–H and O–H groups in total. The lowest BCUT2D eigenvalue weighted by atomic mass is 10.0. The average Bonchev–Trinajstić information content (AvgIpc) is 3.00. The normalized spacial score (nSPS) is 24.8. The molecule has 3 aliphatic rings. The molecule has 43 heavy (non-hydrogen) atoms. The first-order valence-electron chi connectivity index (χ1n) is 15.4. The molecule has 0 saturated carbocycles. The molecule has 0 unspecified atom stereocenters. The molecule has 4 heterocycles. The molecule has 0 bridgehead atoms. The molecule has 2 fully saturated rings. The second-order valence-electron chi connectivity index (χ2n) is 12.3. The number of hydrogen-bond donors (Lipinski definition) is 1. The summed E-state index contributed by atoms with van der Waals surface area (Å²) in [7, 11) is 0. The number of piperazine rings is 1. The summed E-state index contributed by atoms with van der Waals surface area (Å²) in [4.78, 5) is 25.9. The summed E-state index contributed by atoms with van der Waals surface area (Å²) in [6.07, 6.45) is 2.36. The van der Waals surface area contributed by atoms with Crippen LogP contribution in [0.3, 0.4) is 0 Å². The van der Waals surface area contributed by atoms with Crippen LogP contribution < -0.4 is 15.0 Å². The van der Waals surface area contributed by atoms with Crippen molar-refractivity contribution >= 4 is 11.6 Å². The first-order chi connectivity index (χ1) is 20.8. The number of anilines is 1. The number of amides is 1. The van der Waals surface area contributed by atoms with E-state index in [1.807, 2.05) is 11.0 Å². The van der Waals surface area contributed by atoms with Crippen LogP contribution >= 0.6 is 0 Å². The van der Waals surface area contributed by atoms with Gasteiger partial charge >= 0.3 is 0 Å². The van der Waals surface area contributed by atoms with E-state index in [9.17, 15) is 9.18 Å². The third-order valence-electron chi connectivity index (χ3n) is 8.91. The molecular formula is C34H42FN5O3. The number of ether oxygens (including phenoxy) is 2. The van der Waals surface area contributed by atoms with Crippen LogP contribution in [0.15, 0.2) is 60.8 Å². The van der Waals surface area contributed by atoms with Gasteiger partial charge in [0.15, 0.2) is 0 Å². The number of aryl methyl sites for hydroxylation is 1. The van der Waals surface area contributed by atoms with Gasteiger partial charge in [0.05, 0.1) is 25.8 Å². The number of pyridine rings is 1. The van der Waals surface area contributed by atoms with E-state index in [0.29, 0.717) is 43.2 Å². The highest BCUT2D eigenvalue weighted by atomic mass is 19.1. The van der Waals surface area contributed by atoms with Crippen LogP contribution in [0.1, 0.15) is 42.1 Å². The lowest BCUT2D eigenvalue weighted by molar-refractivity contribution is -0.122. The maximum atomic E-state index is 14.5. The number of morpholine rings is 1. The van der Waals surface area contributed by atoms with E-state index in [1.165, 1.54) is 12.1 Å². The first-order valence-corrected chi connectivity index (χ1v) is 15.4. The maximum Gasteiger partial charge on any atom is 0.242 e. The molecule has 0 radical (unpaired) electrons. The van der Waals surface area contributed by atoms with Crippen molar-refractivity contribution in [1.82, 2.24) is 20.1 Å². The lowest BCUT2D eigenvalue weighted by Crippen LogP contribution is -2.62. The van der Waals surface area contributed by atoms with Crippen LogP contribution in [0.5, 0.6) is 5.88 Å². The van der Waals surface area contributed by atoms with Gasteiger partial charge in [0.1, 0.15) is 18.1 Å². The van der Waals surface area contributed by atoms with E-state index in [1.54, 1.807) is 18.3 Å². The molecular weight excluding hydrogens is 545 g/mol. The van der Waals surface area contributed by atoms with Gasteiger partial charge in [0, 0.05) is 50.5 Å². The second kappa shape index (κ2) is 13.1. The third kappa shape index (κ3) is 6.91. The van der Waals surface area contributed by atoms with Crippen LogP contribution in [0.25, 0.3) is 0 Å². The number of fused-ring (bicyclic) bond motifs is 1. The van der Waals surface area contributed by atoms with E-state index < -0.39 is 0 Å². The second-order valence-corrected chi connectivity index (χ2v) is 12.3. The summed E-state index contributed by atoms with van der Waals surface area (Å²) in [5.74, 6) is 0.235. The SMILES string of the molecule is Cc1ccc([C@H]2COc3ncc(Cc4ccc(F)cc4)cc3N2C(=O)CN2C[C@@H](C)NC[C@@H]2CN2CCOC[C@H]2C)cc1. The Morgan fingerprint density at radius 1 is 1.05 bits per heavy atom. The highest BCUT2D eigenvalue weighted by Crippen LogP contribution is 2.39. The van der Waals surface area contributed by atoms with Crippen molar-refractivity contribution in [3.8, 4) is 5.88 Å². The van der Waals surface area contributed by atoms with Gasteiger partial charge in [-0.05, 0) is 62.1 Å². The number of hydrogen-bond acceptors (Lipinski definition) is 7. The summed E-state index contributed by atoms with van der Waals surface area (Å²) in [5.41, 5.74) is 4.79. The molecule has 228 valence electrons. The van der Waals surface area contributed by atoms with Crippen LogP contribution in [-0.2, 0) is 16.0 Å². The average molecular weight is 588 g/mol. The Bertz CT molecular complexity index is 1400. The summed E-state index contributed by atoms with van der Waals surface area (Å²) in [5, 5.41) is 3.63. The number of carbonyl (C=O) groups excluding carboxylic acids is 1. The number of rotatable bonds is 7. The quantitative estimate of drug-likeness (QED) is 0.449. The van der Waals surface area contributed by atoms with Gasteiger partial charge in [0.2, 0.25) is 11.8 Å². The fourth-order valence-corrected chi connectivity index (χ4v) is 6.40. The Balaban J connectivity index is 1.29. The van der Waals surface area contributed by atoms with Crippen molar-refractivity contribution in [2.75, 3.05) is 57.4 Å². The van der Waals surface area contributed by atoms with Crippen molar-refractivity contribution < 1.29 is 18.7 Å². The number of aromatic nitrogens is 1. The Hall–Kier alpha value is -3.37. The molecule has 8 nitrogen and oxygen atoms in total. The van der Waals surface area contributed by atoms with Gasteiger partial charge in [-0.15, -0.1) is 0 Å². The molecule has 3 aliphatic heterocycles. The Labute approximate surface area is 253 Å². The molecule has 4 atom stereocenters. The molecule has 1 amide bonds. The fourth-order valence-electron chi connectivity index (χ4n) is 6.40. The molecule has 2 saturated heterocycles. The third-order valence-corrected chi connectivity index (χ3v) is 8.91. The van der Waals surface area contributed by atoms with Gasteiger partial charge in [-0.1, -0.05) is 42.0 Å². The number of nitrogens with one attached hydrogen (secondary N) is 1. The van der Waals surface area contributed by atoms with E-state index in [-0.39, 0.29) is 23.8 Å². The molecule has 0 spiro atoms. The smallest absolute Gasteiger partial charge is 0.242 e. The molecule has 9 heteroatoms. The van der Waals surface area contributed by atoms with Crippen LogP contribution in [0.2, 0.25) is 0 Å². The van der Waals surface area contributed by atoms with Crippen molar-refractivity contribution in [1.29, 1.82) is 0 Å². The largest absolute Gasteiger partial charge is 0.474 e. The zero-order valence-electron chi connectivity index (χ0n) is 25.3. The minimum atomic E-state index is -0.276. The molecule has 2 aromatic carbocycles. The summed E-state index contributed by atoms with van der Waals surface area (Å²) in [6, 6.07) is 17.4. The highest BCUT2D eigenvalue weighted by Gasteiger charge is 2.38. The predicted octanol–water partition coefficient (Wildman–Crippen LogP) is 3.97. The molecule has 1 aromatic heterocycles. The Morgan fingerprint density at radius 2 is 1.84 bits per heavy atom. The zero-order valence-corrected chi connectivity index (χ0v) is 25.3. The Kier molecular flexibility index (Phi) is 9.04. The van der Waals surface area contributed by atoms with Gasteiger partial charge in [-0.2, -0.15) is 0 Å². The number of carbonyl (C=O) groups is 1. The molecule has 3 aromatic rings. The van der Waals surface area contributed by atoms with Gasteiger partial charge in [-0.3, -0.25) is 19.5 Å². The maximum absolute atomic E-state index is 14.5. The molecule has 6 rings (SSSR count). The first kappa shape index (κ1) is 29.7. The minimum absolute atomic E-state index is 0.0324. The highest BCUT2D eigenvalue weighted by molar-refractivity contribution is 5.97. The summed E-state index contributed by atoms with van der Waals surface area (Å²) < 4.78 is 25.4. The van der Waals surface area contributed by atoms with Crippen molar-refractivity contribution in [3.05, 3.63) is 88.9 Å². The summed E-state index contributed by atoms with van der Waals surface area (Å²) in [6.45, 7) is 12.0. The topological polar surface area (TPSA) is 70.2 Å². The van der Waals surface area contributed by atoms with Crippen molar-refractivity contribution in [3.63, 3.8) is 0 Å². The predicted molar refractivity (Wildman–Crippen MR) is 165 cm³/mol. The van der Waals surface area contributed by atoms with Gasteiger partial charge < -0.3 is 14.8 Å². The van der Waals surface area contributed by atoms with E-state index in [4.69, 9.17) is 9.47 Å². The van der Waals surface area contributed by atoms with E-state index in [2.05, 4.69) is 65.1 Å². The molecule has 0 aliphatic carbocycles. The number of nitrogens with zero attached hydrogens (tertiary/aromatic N) is 4. The monoisotopic (exact) mass is 587 g/mol. The Morgan fingerprint density at radius 3 is 2.60 bits per heavy atom. The number of halogens is 1. The number of benzene rings is 2. The van der Waals surface area contributed by atoms with Crippen molar-refractivity contribution in [2.45, 2.75) is 51.4 Å². The van der Waals surface area contributed by atoms with E-state index >= 15 is 0 Å². The minimum Gasteiger partial charge on any atom is -0.474 e. The lowest BCUT2D eigenvalue weighted by Gasteiger charge is -2.44.